The largest absolute Gasteiger partial charge is 0.361 e. The van der Waals surface area contributed by atoms with Crippen LogP contribution >= 0.6 is 12.2 Å². The van der Waals surface area contributed by atoms with E-state index in [1.165, 1.54) is 45.4 Å². The zero-order valence-electron chi connectivity index (χ0n) is 12.7. The van der Waals surface area contributed by atoms with Gasteiger partial charge < -0.3 is 15.1 Å². The fourth-order valence-electron chi connectivity index (χ4n) is 2.88. The van der Waals surface area contributed by atoms with E-state index in [1.807, 2.05) is 0 Å². The number of rotatable bonds is 4. The van der Waals surface area contributed by atoms with Crippen LogP contribution < -0.4 is 5.32 Å². The van der Waals surface area contributed by atoms with Gasteiger partial charge in [0.15, 0.2) is 5.11 Å². The van der Waals surface area contributed by atoms with E-state index in [0.717, 1.165) is 24.1 Å². The van der Waals surface area contributed by atoms with E-state index in [-0.39, 0.29) is 0 Å². The predicted octanol–water partition coefficient (Wildman–Crippen LogP) is 2.32. The van der Waals surface area contributed by atoms with Crippen molar-refractivity contribution in [2.45, 2.75) is 40.0 Å². The normalized spacial score (nSPS) is 22.9. The lowest BCUT2D eigenvalue weighted by Gasteiger charge is -2.35. The minimum absolute atomic E-state index is 0.463. The Kier molecular flexibility index (Phi) is 5.07. The summed E-state index contributed by atoms with van der Waals surface area (Å²) >= 11 is 5.32. The molecule has 2 rings (SSSR count). The smallest absolute Gasteiger partial charge is 0.169 e. The lowest BCUT2D eigenvalue weighted by Crippen LogP contribution is -2.40. The highest BCUT2D eigenvalue weighted by Gasteiger charge is 2.24. The monoisotopic (exact) mass is 283 g/mol. The van der Waals surface area contributed by atoms with Crippen LogP contribution in [0.25, 0.3) is 0 Å². The molecule has 0 unspecified atom stereocenters. The Morgan fingerprint density at radius 2 is 1.89 bits per heavy atom. The van der Waals surface area contributed by atoms with Crippen LogP contribution in [-0.4, -0.2) is 54.2 Å². The summed E-state index contributed by atoms with van der Waals surface area (Å²) in [6.07, 6.45) is 3.98. The number of thiocarbonyl (C=S) groups is 1. The highest BCUT2D eigenvalue weighted by molar-refractivity contribution is 7.80. The van der Waals surface area contributed by atoms with Gasteiger partial charge in [-0.15, -0.1) is 0 Å². The molecule has 0 aromatic rings. The van der Waals surface area contributed by atoms with E-state index >= 15 is 0 Å². The third kappa shape index (κ3) is 4.92. The minimum Gasteiger partial charge on any atom is -0.361 e. The van der Waals surface area contributed by atoms with Gasteiger partial charge in [0.05, 0.1) is 0 Å². The molecule has 0 amide bonds. The number of hydrogen-bond donors (Lipinski definition) is 1. The molecule has 2 aliphatic heterocycles. The van der Waals surface area contributed by atoms with Gasteiger partial charge in [-0.1, -0.05) is 20.8 Å². The minimum atomic E-state index is 0.463. The van der Waals surface area contributed by atoms with Crippen molar-refractivity contribution >= 4 is 17.3 Å². The Bertz CT molecular complexity index is 303. The number of nitrogens with one attached hydrogen (secondary N) is 1. The zero-order chi connectivity index (χ0) is 13.9. The molecule has 0 bridgehead atoms. The Morgan fingerprint density at radius 1 is 1.21 bits per heavy atom. The Hall–Kier alpha value is -0.350. The number of nitrogens with zero attached hydrogens (tertiary/aromatic N) is 2. The molecule has 4 heteroatoms. The maximum absolute atomic E-state index is 5.32. The van der Waals surface area contributed by atoms with Crippen molar-refractivity contribution in [2.24, 2.45) is 11.3 Å². The number of piperidine rings is 1. The maximum Gasteiger partial charge on any atom is 0.169 e. The van der Waals surface area contributed by atoms with Gasteiger partial charge in [0.1, 0.15) is 0 Å². The first-order valence-electron chi connectivity index (χ1n) is 7.69. The van der Waals surface area contributed by atoms with Gasteiger partial charge in [0.25, 0.3) is 0 Å². The molecule has 0 spiro atoms. The van der Waals surface area contributed by atoms with Gasteiger partial charge in [-0.3, -0.25) is 0 Å². The molecule has 0 radical (unpaired) electrons. The van der Waals surface area contributed by atoms with E-state index in [0.29, 0.717) is 5.41 Å². The van der Waals surface area contributed by atoms with Gasteiger partial charge in [0.2, 0.25) is 0 Å². The zero-order valence-corrected chi connectivity index (χ0v) is 13.6. The molecule has 0 aromatic carbocycles. The molecular formula is C15H29N3S. The summed E-state index contributed by atoms with van der Waals surface area (Å²) in [7, 11) is 0. The second-order valence-corrected chi connectivity index (χ2v) is 7.66. The number of likely N-dealkylation sites (tertiary alicyclic amines) is 1. The Morgan fingerprint density at radius 3 is 2.42 bits per heavy atom. The Labute approximate surface area is 123 Å². The molecule has 0 aliphatic carbocycles. The molecule has 2 heterocycles. The molecule has 3 nitrogen and oxygen atoms in total. The van der Waals surface area contributed by atoms with Gasteiger partial charge in [-0.25, -0.2) is 0 Å². The molecule has 0 atom stereocenters. The van der Waals surface area contributed by atoms with Crippen molar-refractivity contribution in [2.75, 3.05) is 39.3 Å². The molecule has 2 fully saturated rings. The highest BCUT2D eigenvalue weighted by atomic mass is 32.1. The van der Waals surface area contributed by atoms with Crippen LogP contribution in [0.3, 0.4) is 0 Å². The van der Waals surface area contributed by atoms with Crippen LogP contribution in [0.1, 0.15) is 40.0 Å². The SMILES string of the molecule is CC(C)(C)CCN1CCC(CN2CCNC2=S)CC1. The molecule has 2 aliphatic rings. The van der Waals surface area contributed by atoms with Gasteiger partial charge in [-0.2, -0.15) is 0 Å². The van der Waals surface area contributed by atoms with Crippen molar-refractivity contribution in [3.05, 3.63) is 0 Å². The first-order valence-corrected chi connectivity index (χ1v) is 8.10. The molecule has 110 valence electrons. The molecule has 0 saturated carbocycles. The van der Waals surface area contributed by atoms with Crippen LogP contribution in [-0.2, 0) is 0 Å². The van der Waals surface area contributed by atoms with E-state index in [9.17, 15) is 0 Å². The van der Waals surface area contributed by atoms with Crippen molar-refractivity contribution in [3.63, 3.8) is 0 Å². The van der Waals surface area contributed by atoms with Crippen LogP contribution in [0.15, 0.2) is 0 Å². The van der Waals surface area contributed by atoms with Crippen LogP contribution in [0.4, 0.5) is 0 Å². The summed E-state index contributed by atoms with van der Waals surface area (Å²) in [4.78, 5) is 4.99. The first kappa shape index (κ1) is 15.0. The summed E-state index contributed by atoms with van der Waals surface area (Å²) in [6.45, 7) is 14.1. The van der Waals surface area contributed by atoms with Crippen molar-refractivity contribution < 1.29 is 0 Å². The lowest BCUT2D eigenvalue weighted by molar-refractivity contribution is 0.152. The fraction of sp³-hybridized carbons (Fsp3) is 0.933. The maximum atomic E-state index is 5.32. The fourth-order valence-corrected chi connectivity index (χ4v) is 3.15. The van der Waals surface area contributed by atoms with Crippen LogP contribution in [0.5, 0.6) is 0 Å². The van der Waals surface area contributed by atoms with E-state index in [2.05, 4.69) is 35.9 Å². The topological polar surface area (TPSA) is 18.5 Å². The van der Waals surface area contributed by atoms with Gasteiger partial charge in [0, 0.05) is 19.6 Å². The highest BCUT2D eigenvalue weighted by Crippen LogP contribution is 2.23. The summed E-state index contributed by atoms with van der Waals surface area (Å²) in [6, 6.07) is 0. The van der Waals surface area contributed by atoms with E-state index < -0.39 is 0 Å². The summed E-state index contributed by atoms with van der Waals surface area (Å²) in [5, 5.41) is 4.22. The second-order valence-electron chi connectivity index (χ2n) is 7.27. The van der Waals surface area contributed by atoms with Gasteiger partial charge >= 0.3 is 0 Å². The summed E-state index contributed by atoms with van der Waals surface area (Å²) < 4.78 is 0. The average molecular weight is 283 g/mol. The Balaban J connectivity index is 1.66. The molecular weight excluding hydrogens is 254 g/mol. The molecule has 19 heavy (non-hydrogen) atoms. The predicted molar refractivity (Wildman–Crippen MR) is 85.4 cm³/mol. The third-order valence-electron chi connectivity index (χ3n) is 4.31. The molecule has 0 aromatic heterocycles. The van der Waals surface area contributed by atoms with Crippen molar-refractivity contribution in [3.8, 4) is 0 Å². The first-order chi connectivity index (χ1) is 8.94. The summed E-state index contributed by atoms with van der Waals surface area (Å²) in [5.74, 6) is 0.837. The second kappa shape index (κ2) is 6.40. The van der Waals surface area contributed by atoms with Crippen LogP contribution in [0, 0.1) is 11.3 Å². The van der Waals surface area contributed by atoms with Crippen LogP contribution in [0.2, 0.25) is 0 Å². The van der Waals surface area contributed by atoms with E-state index in [4.69, 9.17) is 12.2 Å². The quantitative estimate of drug-likeness (QED) is 0.798. The third-order valence-corrected chi connectivity index (χ3v) is 4.71. The standard InChI is InChI=1S/C15H29N3S/c1-15(2,3)6-10-17-8-4-13(5-9-17)12-18-11-7-16-14(18)19/h13H,4-12H2,1-3H3,(H,16,19). The van der Waals surface area contributed by atoms with E-state index in [1.54, 1.807) is 0 Å². The van der Waals surface area contributed by atoms with Gasteiger partial charge in [-0.05, 0) is 62.4 Å². The lowest BCUT2D eigenvalue weighted by atomic mass is 9.91. The average Bonchev–Trinajstić information content (AvgIpc) is 2.73. The number of hydrogen-bond acceptors (Lipinski definition) is 2. The van der Waals surface area contributed by atoms with Crippen molar-refractivity contribution in [1.29, 1.82) is 0 Å². The summed E-state index contributed by atoms with van der Waals surface area (Å²) in [5.41, 5.74) is 0.463. The molecule has 2 saturated heterocycles. The van der Waals surface area contributed by atoms with Crippen molar-refractivity contribution in [1.82, 2.24) is 15.1 Å². The molecule has 1 N–H and O–H groups in total.